The smallest absolute Gasteiger partial charge is 0.305 e. The van der Waals surface area contributed by atoms with Crippen LogP contribution in [0.25, 0.3) is 0 Å². The third kappa shape index (κ3) is 49.6. The summed E-state index contributed by atoms with van der Waals surface area (Å²) in [6, 6.07) is -0.553. The highest BCUT2D eigenvalue weighted by Crippen LogP contribution is 2.16. The van der Waals surface area contributed by atoms with Crippen molar-refractivity contribution in [1.82, 2.24) is 5.32 Å². The van der Waals surface area contributed by atoms with Gasteiger partial charge in [0.2, 0.25) is 5.91 Å². The molecular weight excluding hydrogens is 779 g/mol. The standard InChI is InChI=1S/C57H109NO5/c1-3-5-7-9-11-13-15-17-19-23-27-31-35-39-43-47-51-57(62)63-52-48-44-40-36-32-28-24-21-20-22-26-30-34-38-42-46-50-56(61)58-54(53-59)55(60)49-45-41-37-33-29-25-18-16-14-12-10-8-6-4-2/h19-20,22-23,54-55,59-60H,3-18,21,24-53H2,1-2H3,(H,58,61)/b22-20-,23-19-. The van der Waals surface area contributed by atoms with Crippen LogP contribution in [0, 0.1) is 0 Å². The van der Waals surface area contributed by atoms with Gasteiger partial charge in [0.25, 0.3) is 0 Å². The summed E-state index contributed by atoms with van der Waals surface area (Å²) in [6.07, 6.45) is 63.0. The summed E-state index contributed by atoms with van der Waals surface area (Å²) >= 11 is 0. The van der Waals surface area contributed by atoms with E-state index >= 15 is 0 Å². The minimum absolute atomic E-state index is 0.0101. The molecule has 6 nitrogen and oxygen atoms in total. The lowest BCUT2D eigenvalue weighted by Gasteiger charge is -2.22. The zero-order valence-corrected chi connectivity index (χ0v) is 42.3. The van der Waals surface area contributed by atoms with E-state index in [1.807, 2.05) is 0 Å². The van der Waals surface area contributed by atoms with E-state index in [1.54, 1.807) is 0 Å². The van der Waals surface area contributed by atoms with E-state index in [4.69, 9.17) is 4.74 Å². The van der Waals surface area contributed by atoms with Crippen LogP contribution in [-0.2, 0) is 14.3 Å². The quantitative estimate of drug-likeness (QED) is 0.0321. The average molecular weight is 889 g/mol. The first-order valence-electron chi connectivity index (χ1n) is 28.1. The summed E-state index contributed by atoms with van der Waals surface area (Å²) in [5.74, 6) is -0.0617. The number of aliphatic hydroxyl groups is 2. The number of allylic oxidation sites excluding steroid dienone is 4. The third-order valence-electron chi connectivity index (χ3n) is 13.0. The molecule has 0 heterocycles. The van der Waals surface area contributed by atoms with E-state index in [0.717, 1.165) is 64.2 Å². The van der Waals surface area contributed by atoms with Crippen molar-refractivity contribution in [1.29, 1.82) is 0 Å². The summed E-state index contributed by atoms with van der Waals surface area (Å²) < 4.78 is 5.47. The Morgan fingerprint density at radius 2 is 0.746 bits per heavy atom. The molecule has 0 aromatic rings. The molecule has 0 fully saturated rings. The van der Waals surface area contributed by atoms with E-state index < -0.39 is 12.1 Å². The van der Waals surface area contributed by atoms with Crippen LogP contribution in [0.2, 0.25) is 0 Å². The van der Waals surface area contributed by atoms with Crippen LogP contribution in [0.1, 0.15) is 303 Å². The first kappa shape index (κ1) is 61.3. The van der Waals surface area contributed by atoms with Crippen molar-refractivity contribution < 1.29 is 24.5 Å². The molecule has 2 unspecified atom stereocenters. The van der Waals surface area contributed by atoms with E-state index in [9.17, 15) is 19.8 Å². The molecule has 3 N–H and O–H groups in total. The SMILES string of the molecule is CCCCCCCCC/C=C\CCCCCCCC(=O)OCCCCCCCCC/C=C\CCCCCCCC(=O)NC(CO)C(O)CCCCCCCCCCCCCCCC. The van der Waals surface area contributed by atoms with Gasteiger partial charge in [-0.2, -0.15) is 0 Å². The van der Waals surface area contributed by atoms with E-state index in [2.05, 4.69) is 43.5 Å². The molecule has 6 heteroatoms. The molecular formula is C57H109NO5. The average Bonchev–Trinajstić information content (AvgIpc) is 3.28. The van der Waals surface area contributed by atoms with Crippen molar-refractivity contribution in [2.24, 2.45) is 0 Å². The maximum absolute atomic E-state index is 12.5. The van der Waals surface area contributed by atoms with E-state index in [1.165, 1.54) is 205 Å². The fraction of sp³-hybridized carbons (Fsp3) is 0.895. The van der Waals surface area contributed by atoms with Crippen LogP contribution in [0.15, 0.2) is 24.3 Å². The lowest BCUT2D eigenvalue weighted by Crippen LogP contribution is -2.45. The first-order valence-corrected chi connectivity index (χ1v) is 28.1. The van der Waals surface area contributed by atoms with Crippen molar-refractivity contribution in [3.8, 4) is 0 Å². The molecule has 0 aliphatic rings. The van der Waals surface area contributed by atoms with Gasteiger partial charge in [0.05, 0.1) is 25.4 Å². The van der Waals surface area contributed by atoms with Crippen molar-refractivity contribution >= 4 is 11.9 Å². The first-order chi connectivity index (χ1) is 31.0. The van der Waals surface area contributed by atoms with Gasteiger partial charge in [-0.05, 0) is 77.0 Å². The van der Waals surface area contributed by atoms with Crippen molar-refractivity contribution in [2.75, 3.05) is 13.2 Å². The monoisotopic (exact) mass is 888 g/mol. The highest BCUT2D eigenvalue weighted by molar-refractivity contribution is 5.76. The maximum Gasteiger partial charge on any atom is 0.305 e. The molecule has 0 aromatic carbocycles. The predicted molar refractivity (Wildman–Crippen MR) is 273 cm³/mol. The lowest BCUT2D eigenvalue weighted by atomic mass is 10.0. The molecule has 0 saturated carbocycles. The third-order valence-corrected chi connectivity index (χ3v) is 13.0. The number of unbranched alkanes of at least 4 members (excludes halogenated alkanes) is 37. The summed E-state index contributed by atoms with van der Waals surface area (Å²) in [6.45, 7) is 4.93. The molecule has 2 atom stereocenters. The van der Waals surface area contributed by atoms with Crippen LogP contribution in [0.5, 0.6) is 0 Å². The van der Waals surface area contributed by atoms with Crippen molar-refractivity contribution in [2.45, 2.75) is 315 Å². The number of nitrogens with one attached hydrogen (secondary N) is 1. The number of hydrogen-bond donors (Lipinski definition) is 3. The number of carbonyl (C=O) groups is 2. The minimum Gasteiger partial charge on any atom is -0.466 e. The Labute approximate surface area is 392 Å². The number of carbonyl (C=O) groups excluding carboxylic acids is 2. The number of ether oxygens (including phenoxy) is 1. The second-order valence-corrected chi connectivity index (χ2v) is 19.3. The molecule has 0 aromatic heterocycles. The fourth-order valence-corrected chi connectivity index (χ4v) is 8.63. The zero-order chi connectivity index (χ0) is 45.8. The van der Waals surface area contributed by atoms with Crippen LogP contribution in [-0.4, -0.2) is 47.4 Å². The van der Waals surface area contributed by atoms with Gasteiger partial charge in [-0.25, -0.2) is 0 Å². The van der Waals surface area contributed by atoms with Gasteiger partial charge < -0.3 is 20.3 Å². The molecule has 1 amide bonds. The summed E-state index contributed by atoms with van der Waals surface area (Å²) in [5, 5.41) is 23.2. The number of rotatable bonds is 52. The van der Waals surface area contributed by atoms with Crippen LogP contribution in [0.3, 0.4) is 0 Å². The summed E-state index contributed by atoms with van der Waals surface area (Å²) in [5.41, 5.74) is 0. The van der Waals surface area contributed by atoms with Crippen molar-refractivity contribution in [3.63, 3.8) is 0 Å². The van der Waals surface area contributed by atoms with Crippen LogP contribution >= 0.6 is 0 Å². The highest BCUT2D eigenvalue weighted by atomic mass is 16.5. The Hall–Kier alpha value is -1.66. The van der Waals surface area contributed by atoms with E-state index in [-0.39, 0.29) is 18.5 Å². The van der Waals surface area contributed by atoms with Gasteiger partial charge in [-0.3, -0.25) is 9.59 Å². The predicted octanol–water partition coefficient (Wildman–Crippen LogP) is 17.1. The van der Waals surface area contributed by atoms with Gasteiger partial charge in [0.1, 0.15) is 0 Å². The molecule has 0 saturated heterocycles. The number of amides is 1. The van der Waals surface area contributed by atoms with Gasteiger partial charge >= 0.3 is 5.97 Å². The molecule has 0 spiro atoms. The Morgan fingerprint density at radius 3 is 1.13 bits per heavy atom. The molecule has 0 aliphatic carbocycles. The maximum atomic E-state index is 12.5. The molecule has 0 aliphatic heterocycles. The summed E-state index contributed by atoms with van der Waals surface area (Å²) in [4.78, 5) is 24.5. The van der Waals surface area contributed by atoms with Crippen molar-refractivity contribution in [3.05, 3.63) is 24.3 Å². The molecule has 0 rings (SSSR count). The van der Waals surface area contributed by atoms with Gasteiger partial charge in [-0.1, -0.05) is 237 Å². The molecule has 0 bridgehead atoms. The Balaban J connectivity index is 3.46. The van der Waals surface area contributed by atoms with Gasteiger partial charge in [0.15, 0.2) is 0 Å². The molecule has 0 radical (unpaired) electrons. The Kier molecular flexibility index (Phi) is 51.6. The number of hydrogen-bond acceptors (Lipinski definition) is 5. The van der Waals surface area contributed by atoms with E-state index in [0.29, 0.717) is 25.9 Å². The molecule has 63 heavy (non-hydrogen) atoms. The van der Waals surface area contributed by atoms with Gasteiger partial charge in [0, 0.05) is 12.8 Å². The molecule has 372 valence electrons. The fourth-order valence-electron chi connectivity index (χ4n) is 8.63. The Morgan fingerprint density at radius 1 is 0.429 bits per heavy atom. The normalized spacial score (nSPS) is 12.8. The number of esters is 1. The Bertz CT molecular complexity index is 982. The highest BCUT2D eigenvalue weighted by Gasteiger charge is 2.20. The minimum atomic E-state index is -0.674. The van der Waals surface area contributed by atoms with Gasteiger partial charge in [-0.15, -0.1) is 0 Å². The zero-order valence-electron chi connectivity index (χ0n) is 42.3. The number of aliphatic hydroxyl groups excluding tert-OH is 2. The van der Waals surface area contributed by atoms with Crippen LogP contribution < -0.4 is 5.32 Å². The summed E-state index contributed by atoms with van der Waals surface area (Å²) in [7, 11) is 0. The second-order valence-electron chi connectivity index (χ2n) is 19.3. The largest absolute Gasteiger partial charge is 0.466 e. The second kappa shape index (κ2) is 53.0. The topological polar surface area (TPSA) is 95.9 Å². The lowest BCUT2D eigenvalue weighted by molar-refractivity contribution is -0.143. The van der Waals surface area contributed by atoms with Crippen LogP contribution in [0.4, 0.5) is 0 Å².